The Hall–Kier alpha value is -2.36. The Balaban J connectivity index is 2.71. The highest BCUT2D eigenvalue weighted by molar-refractivity contribution is 5.88. The largest absolute Gasteiger partial charge is 0.479 e. The van der Waals surface area contributed by atoms with Crippen molar-refractivity contribution in [3.63, 3.8) is 0 Å². The number of hydrogen-bond donors (Lipinski definition) is 3. The maximum absolute atomic E-state index is 13.2. The molecule has 0 bridgehead atoms. The second-order valence-corrected chi connectivity index (χ2v) is 3.43. The summed E-state index contributed by atoms with van der Waals surface area (Å²) in [5.74, 6) is -2.47. The summed E-state index contributed by atoms with van der Waals surface area (Å²) >= 11 is 0. The maximum Gasteiger partial charge on any atom is 0.416 e. The van der Waals surface area contributed by atoms with Gasteiger partial charge in [0.05, 0.1) is 11.3 Å². The molecule has 0 aliphatic carbocycles. The Morgan fingerprint density at radius 2 is 1.95 bits per heavy atom. The van der Waals surface area contributed by atoms with Crippen LogP contribution < -0.4 is 10.8 Å². The zero-order valence-corrected chi connectivity index (χ0v) is 9.62. The summed E-state index contributed by atoms with van der Waals surface area (Å²) in [4.78, 5) is 25.3. The number of aliphatic carboxylic acids is 1. The number of nitrogens with one attached hydrogen (secondary N) is 2. The first kappa shape index (κ1) is 15.7. The first-order valence-corrected chi connectivity index (χ1v) is 4.97. The molecule has 0 unspecified atom stereocenters. The number of hydroxylamine groups is 1. The second-order valence-electron chi connectivity index (χ2n) is 3.43. The highest BCUT2D eigenvalue weighted by Gasteiger charge is 2.31. The maximum atomic E-state index is 13.2. The molecule has 0 saturated heterocycles. The molecule has 1 rings (SSSR count). The van der Waals surface area contributed by atoms with Crippen molar-refractivity contribution < 1.29 is 37.1 Å². The van der Waals surface area contributed by atoms with Crippen molar-refractivity contribution >= 4 is 17.7 Å². The summed E-state index contributed by atoms with van der Waals surface area (Å²) in [6.07, 6.45) is -4.69. The molecule has 0 fully saturated rings. The van der Waals surface area contributed by atoms with Crippen LogP contribution in [-0.2, 0) is 15.8 Å². The third-order valence-corrected chi connectivity index (χ3v) is 1.90. The van der Waals surface area contributed by atoms with Crippen LogP contribution in [-0.4, -0.2) is 23.7 Å². The fourth-order valence-electron chi connectivity index (χ4n) is 1.11. The van der Waals surface area contributed by atoms with Crippen LogP contribution >= 0.6 is 0 Å². The van der Waals surface area contributed by atoms with Crippen LogP contribution in [0.2, 0.25) is 0 Å². The molecule has 0 atom stereocenters. The minimum Gasteiger partial charge on any atom is -0.479 e. The summed E-state index contributed by atoms with van der Waals surface area (Å²) < 4.78 is 50.4. The van der Waals surface area contributed by atoms with Gasteiger partial charge in [0, 0.05) is 0 Å². The summed E-state index contributed by atoms with van der Waals surface area (Å²) in [5, 5.41) is 9.96. The van der Waals surface area contributed by atoms with E-state index in [1.165, 1.54) is 0 Å². The number of carbonyl (C=O) groups excluding carboxylic acids is 1. The summed E-state index contributed by atoms with van der Waals surface area (Å²) in [6, 6.07) is 0.228. The number of amides is 2. The van der Waals surface area contributed by atoms with Gasteiger partial charge in [-0.3, -0.25) is 4.84 Å². The lowest BCUT2D eigenvalue weighted by Gasteiger charge is -2.11. The van der Waals surface area contributed by atoms with Crippen molar-refractivity contribution in [2.24, 2.45) is 0 Å². The average Bonchev–Trinajstić information content (AvgIpc) is 2.30. The van der Waals surface area contributed by atoms with Crippen molar-refractivity contribution in [1.29, 1.82) is 0 Å². The second kappa shape index (κ2) is 6.19. The molecule has 0 saturated carbocycles. The first-order chi connectivity index (χ1) is 9.20. The first-order valence-electron chi connectivity index (χ1n) is 4.97. The zero-order valence-electron chi connectivity index (χ0n) is 9.62. The molecular formula is C10H8F4N2O4. The van der Waals surface area contributed by atoms with Gasteiger partial charge >= 0.3 is 18.2 Å². The molecule has 3 N–H and O–H groups in total. The molecule has 0 spiro atoms. The molecule has 0 aliphatic heterocycles. The van der Waals surface area contributed by atoms with Gasteiger partial charge < -0.3 is 10.4 Å². The summed E-state index contributed by atoms with van der Waals surface area (Å²) in [7, 11) is 0. The van der Waals surface area contributed by atoms with E-state index in [4.69, 9.17) is 5.11 Å². The predicted molar refractivity (Wildman–Crippen MR) is 57.1 cm³/mol. The lowest BCUT2D eigenvalue weighted by Crippen LogP contribution is -2.31. The molecule has 0 radical (unpaired) electrons. The Morgan fingerprint density at radius 1 is 1.30 bits per heavy atom. The molecule has 0 heterocycles. The van der Waals surface area contributed by atoms with E-state index in [9.17, 15) is 27.2 Å². The van der Waals surface area contributed by atoms with Gasteiger partial charge in [-0.2, -0.15) is 13.2 Å². The highest BCUT2D eigenvalue weighted by atomic mass is 19.4. The van der Waals surface area contributed by atoms with Gasteiger partial charge in [0.15, 0.2) is 6.61 Å². The van der Waals surface area contributed by atoms with Gasteiger partial charge in [-0.15, -0.1) is 0 Å². The average molecular weight is 296 g/mol. The number of carboxylic acid groups (broad SMARTS) is 1. The number of carbonyl (C=O) groups is 2. The van der Waals surface area contributed by atoms with Crippen LogP contribution in [0.3, 0.4) is 0 Å². The number of hydrogen-bond acceptors (Lipinski definition) is 3. The molecule has 0 aromatic heterocycles. The van der Waals surface area contributed by atoms with Crippen molar-refractivity contribution in [3.8, 4) is 0 Å². The number of rotatable bonds is 4. The molecule has 1 aromatic carbocycles. The van der Waals surface area contributed by atoms with Crippen LogP contribution in [0.5, 0.6) is 0 Å². The minimum absolute atomic E-state index is 0.395. The van der Waals surface area contributed by atoms with E-state index in [1.54, 1.807) is 10.8 Å². The number of anilines is 1. The van der Waals surface area contributed by atoms with Gasteiger partial charge in [-0.05, 0) is 18.2 Å². The highest BCUT2D eigenvalue weighted by Crippen LogP contribution is 2.31. The van der Waals surface area contributed by atoms with Crippen LogP contribution in [0.25, 0.3) is 0 Å². The van der Waals surface area contributed by atoms with Crippen molar-refractivity contribution in [1.82, 2.24) is 5.48 Å². The third-order valence-electron chi connectivity index (χ3n) is 1.90. The van der Waals surface area contributed by atoms with Crippen LogP contribution in [0.1, 0.15) is 5.56 Å². The fraction of sp³-hybridized carbons (Fsp3) is 0.200. The van der Waals surface area contributed by atoms with Crippen LogP contribution in [0.15, 0.2) is 18.2 Å². The summed E-state index contributed by atoms with van der Waals surface area (Å²) in [6.45, 7) is -0.863. The quantitative estimate of drug-likeness (QED) is 0.585. The van der Waals surface area contributed by atoms with Gasteiger partial charge in [0.2, 0.25) is 0 Å². The predicted octanol–water partition coefficient (Wildman–Crippen LogP) is 1.98. The zero-order chi connectivity index (χ0) is 15.3. The minimum atomic E-state index is -4.69. The van der Waals surface area contributed by atoms with Gasteiger partial charge in [-0.1, -0.05) is 0 Å². The molecular weight excluding hydrogens is 288 g/mol. The van der Waals surface area contributed by atoms with Gasteiger partial charge in [-0.25, -0.2) is 19.5 Å². The van der Waals surface area contributed by atoms with Crippen LogP contribution in [0, 0.1) is 5.82 Å². The molecule has 20 heavy (non-hydrogen) atoms. The Labute approximate surface area is 109 Å². The van der Waals surface area contributed by atoms with Crippen molar-refractivity contribution in [2.45, 2.75) is 6.18 Å². The van der Waals surface area contributed by atoms with E-state index in [-0.39, 0.29) is 0 Å². The van der Waals surface area contributed by atoms with E-state index >= 15 is 0 Å². The molecule has 10 heteroatoms. The van der Waals surface area contributed by atoms with E-state index < -0.39 is 41.9 Å². The Bertz CT molecular complexity index is 518. The number of halogens is 4. The van der Waals surface area contributed by atoms with Crippen molar-refractivity contribution in [3.05, 3.63) is 29.6 Å². The smallest absolute Gasteiger partial charge is 0.416 e. The fourth-order valence-corrected chi connectivity index (χ4v) is 1.11. The van der Waals surface area contributed by atoms with Gasteiger partial charge in [0.1, 0.15) is 5.82 Å². The van der Waals surface area contributed by atoms with E-state index in [0.717, 1.165) is 0 Å². The molecule has 110 valence electrons. The molecule has 1 aromatic rings. The lowest BCUT2D eigenvalue weighted by molar-refractivity contribution is -0.144. The SMILES string of the molecule is O=C(O)CONC(=O)Nc1cc(C(F)(F)F)ccc1F. The van der Waals surface area contributed by atoms with Crippen LogP contribution in [0.4, 0.5) is 28.0 Å². The van der Waals surface area contributed by atoms with E-state index in [0.29, 0.717) is 18.2 Å². The van der Waals surface area contributed by atoms with Crippen molar-refractivity contribution in [2.75, 3.05) is 11.9 Å². The van der Waals surface area contributed by atoms with E-state index in [1.807, 2.05) is 0 Å². The monoisotopic (exact) mass is 296 g/mol. The Morgan fingerprint density at radius 3 is 2.50 bits per heavy atom. The van der Waals surface area contributed by atoms with E-state index in [2.05, 4.69) is 4.84 Å². The molecule has 2 amide bonds. The summed E-state index contributed by atoms with van der Waals surface area (Å²) in [5.41, 5.74) is -0.309. The number of carboxylic acids is 1. The number of urea groups is 1. The lowest BCUT2D eigenvalue weighted by atomic mass is 10.2. The normalized spacial score (nSPS) is 11.0. The molecule has 0 aliphatic rings. The topological polar surface area (TPSA) is 87.7 Å². The Kier molecular flexibility index (Phi) is 4.86. The molecule has 6 nitrogen and oxygen atoms in total. The third kappa shape index (κ3) is 4.72. The number of benzene rings is 1. The number of alkyl halides is 3. The standard InChI is InChI=1S/C10H8F4N2O4/c11-6-2-1-5(10(12,13)14)3-7(6)15-9(19)16-20-4-8(17)18/h1-3H,4H2,(H,17,18)(H2,15,16,19). The van der Waals surface area contributed by atoms with Gasteiger partial charge in [0.25, 0.3) is 0 Å².